The molecule has 0 amide bonds. The molecule has 0 saturated heterocycles. The van der Waals surface area contributed by atoms with Gasteiger partial charge in [0.05, 0.1) is 19.6 Å². The first-order chi connectivity index (χ1) is 14.0. The lowest BCUT2D eigenvalue weighted by Gasteiger charge is -2.14. The summed E-state index contributed by atoms with van der Waals surface area (Å²) in [4.78, 5) is 15.8. The Labute approximate surface area is 169 Å². The van der Waals surface area contributed by atoms with E-state index in [9.17, 15) is 9.90 Å². The molecule has 1 heterocycles. The van der Waals surface area contributed by atoms with Crippen molar-refractivity contribution in [1.29, 1.82) is 0 Å². The summed E-state index contributed by atoms with van der Waals surface area (Å²) in [6.07, 6.45) is 1.55. The molecule has 6 nitrogen and oxygen atoms in total. The number of carbonyl (C=O) groups is 1. The lowest BCUT2D eigenvalue weighted by molar-refractivity contribution is -0.135. The highest BCUT2D eigenvalue weighted by Gasteiger charge is 2.15. The number of aliphatic carboxylic acids is 1. The van der Waals surface area contributed by atoms with Crippen molar-refractivity contribution in [2.24, 2.45) is 5.92 Å². The smallest absolute Gasteiger partial charge is 0.308 e. The van der Waals surface area contributed by atoms with Crippen LogP contribution in [0, 0.1) is 5.92 Å². The number of nitrogens with zero attached hydrogens (tertiary/aromatic N) is 1. The monoisotopic (exact) mass is 395 g/mol. The van der Waals surface area contributed by atoms with E-state index in [4.69, 9.17) is 13.9 Å². The van der Waals surface area contributed by atoms with Gasteiger partial charge in [0.2, 0.25) is 5.89 Å². The van der Waals surface area contributed by atoms with E-state index in [2.05, 4.69) is 18.8 Å². The number of fused-ring (bicyclic) bond motifs is 1. The highest BCUT2D eigenvalue weighted by molar-refractivity contribution is 5.91. The van der Waals surface area contributed by atoms with Crippen LogP contribution in [0.2, 0.25) is 0 Å². The molecule has 1 aromatic heterocycles. The molecule has 3 aromatic rings. The molecule has 29 heavy (non-hydrogen) atoms. The van der Waals surface area contributed by atoms with Crippen LogP contribution in [0.3, 0.4) is 0 Å². The number of para-hydroxylation sites is 2. The van der Waals surface area contributed by atoms with Gasteiger partial charge in [-0.05, 0) is 48.7 Å². The first kappa shape index (κ1) is 20.5. The lowest BCUT2D eigenvalue weighted by Crippen LogP contribution is -2.06. The average molecular weight is 395 g/mol. The van der Waals surface area contributed by atoms with Crippen molar-refractivity contribution in [3.63, 3.8) is 0 Å². The van der Waals surface area contributed by atoms with Crippen molar-refractivity contribution >= 4 is 28.7 Å². The van der Waals surface area contributed by atoms with Gasteiger partial charge in [-0.1, -0.05) is 32.0 Å². The van der Waals surface area contributed by atoms with Gasteiger partial charge in [-0.25, -0.2) is 4.98 Å². The summed E-state index contributed by atoms with van der Waals surface area (Å²) >= 11 is 0. The van der Waals surface area contributed by atoms with Gasteiger partial charge in [-0.2, -0.15) is 0 Å². The summed E-state index contributed by atoms with van der Waals surface area (Å²) < 4.78 is 17.3. The minimum absolute atomic E-state index is 0.206. The predicted molar refractivity (Wildman–Crippen MR) is 112 cm³/mol. The largest absolute Gasteiger partial charge is 0.490 e. The molecule has 0 bridgehead atoms. The van der Waals surface area contributed by atoms with E-state index in [0.717, 1.165) is 5.56 Å². The van der Waals surface area contributed by atoms with Crippen molar-refractivity contribution in [2.45, 2.75) is 27.2 Å². The number of carboxylic acid groups (broad SMARTS) is 1. The van der Waals surface area contributed by atoms with Crippen molar-refractivity contribution < 1.29 is 23.8 Å². The second kappa shape index (κ2) is 9.28. The number of oxazole rings is 1. The normalized spacial score (nSPS) is 11.8. The van der Waals surface area contributed by atoms with Crippen LogP contribution in [-0.2, 0) is 4.79 Å². The Morgan fingerprint density at radius 1 is 1.17 bits per heavy atom. The molecule has 6 heteroatoms. The van der Waals surface area contributed by atoms with Crippen molar-refractivity contribution in [2.75, 3.05) is 13.2 Å². The predicted octanol–water partition coefficient (Wildman–Crippen LogP) is 5.28. The van der Waals surface area contributed by atoms with E-state index in [1.165, 1.54) is 0 Å². The molecule has 2 aromatic carbocycles. The second-order valence-electron chi connectivity index (χ2n) is 7.07. The second-order valence-corrected chi connectivity index (χ2v) is 7.07. The molecular weight excluding hydrogens is 370 g/mol. The highest BCUT2D eigenvalue weighted by Crippen LogP contribution is 2.32. The Kier molecular flexibility index (Phi) is 6.54. The summed E-state index contributed by atoms with van der Waals surface area (Å²) in [6.45, 7) is 7.15. The molecule has 0 atom stereocenters. The Morgan fingerprint density at radius 3 is 2.66 bits per heavy atom. The first-order valence-electron chi connectivity index (χ1n) is 9.64. The number of benzene rings is 2. The summed E-state index contributed by atoms with van der Waals surface area (Å²) in [6, 6.07) is 12.9. The number of hydrogen-bond donors (Lipinski definition) is 1. The van der Waals surface area contributed by atoms with Crippen molar-refractivity contribution in [1.82, 2.24) is 4.98 Å². The van der Waals surface area contributed by atoms with Crippen LogP contribution in [0.4, 0.5) is 0 Å². The minimum Gasteiger partial charge on any atom is -0.490 e. The Hall–Kier alpha value is -3.28. The molecule has 0 radical (unpaired) electrons. The van der Waals surface area contributed by atoms with Crippen LogP contribution in [0.1, 0.15) is 38.6 Å². The molecule has 0 aliphatic heterocycles. The van der Waals surface area contributed by atoms with Crippen LogP contribution in [0.25, 0.3) is 22.7 Å². The Balaban J connectivity index is 1.97. The van der Waals surface area contributed by atoms with Gasteiger partial charge in [0.1, 0.15) is 5.52 Å². The summed E-state index contributed by atoms with van der Waals surface area (Å²) in [7, 11) is 0. The zero-order valence-electron chi connectivity index (χ0n) is 16.8. The molecule has 1 N–H and O–H groups in total. The Bertz CT molecular complexity index is 986. The number of ether oxygens (including phenoxy) is 2. The van der Waals surface area contributed by atoms with E-state index in [1.807, 2.05) is 43.3 Å². The maximum absolute atomic E-state index is 11.4. The van der Waals surface area contributed by atoms with Gasteiger partial charge in [-0.3, -0.25) is 4.79 Å². The molecule has 0 unspecified atom stereocenters. The third-order valence-corrected chi connectivity index (χ3v) is 4.09. The molecule has 0 spiro atoms. The van der Waals surface area contributed by atoms with E-state index < -0.39 is 5.97 Å². The number of hydrogen-bond acceptors (Lipinski definition) is 5. The molecule has 0 saturated carbocycles. The fraction of sp³-hybridized carbons (Fsp3) is 0.304. The molecule has 152 valence electrons. The van der Waals surface area contributed by atoms with Gasteiger partial charge in [0, 0.05) is 5.57 Å². The zero-order chi connectivity index (χ0) is 20.8. The van der Waals surface area contributed by atoms with Crippen LogP contribution in [0.15, 0.2) is 46.9 Å². The van der Waals surface area contributed by atoms with Crippen LogP contribution in [-0.4, -0.2) is 29.3 Å². The standard InChI is InChI=1S/C23H25NO5/c1-4-27-21-12-16(9-10-20(21)28-14-15(2)3)11-17(13-22(25)26)23-24-18-7-5-6-8-19(18)29-23/h5-12,15H,4,13-14H2,1-3H3,(H,25,26)/b17-11+. The van der Waals surface area contributed by atoms with Gasteiger partial charge < -0.3 is 19.0 Å². The van der Waals surface area contributed by atoms with Crippen LogP contribution in [0.5, 0.6) is 11.5 Å². The van der Waals surface area contributed by atoms with Crippen LogP contribution >= 0.6 is 0 Å². The fourth-order valence-electron chi connectivity index (χ4n) is 2.82. The molecular formula is C23H25NO5. The van der Waals surface area contributed by atoms with E-state index in [1.54, 1.807) is 12.1 Å². The maximum atomic E-state index is 11.4. The molecule has 0 aliphatic carbocycles. The van der Waals surface area contributed by atoms with Gasteiger partial charge in [0.15, 0.2) is 17.1 Å². The van der Waals surface area contributed by atoms with Gasteiger partial charge in [-0.15, -0.1) is 0 Å². The van der Waals surface area contributed by atoms with Crippen molar-refractivity contribution in [3.05, 3.63) is 53.9 Å². The SMILES string of the molecule is CCOc1cc(/C=C(\CC(=O)O)c2nc3ccccc3o2)ccc1OCC(C)C. The third-order valence-electron chi connectivity index (χ3n) is 4.09. The lowest BCUT2D eigenvalue weighted by atomic mass is 10.1. The number of aromatic nitrogens is 1. The maximum Gasteiger partial charge on any atom is 0.308 e. The number of rotatable bonds is 9. The Morgan fingerprint density at radius 2 is 1.97 bits per heavy atom. The highest BCUT2D eigenvalue weighted by atomic mass is 16.5. The summed E-state index contributed by atoms with van der Waals surface area (Å²) in [5, 5.41) is 9.35. The number of carboxylic acids is 1. The van der Waals surface area contributed by atoms with Gasteiger partial charge >= 0.3 is 5.97 Å². The van der Waals surface area contributed by atoms with Crippen molar-refractivity contribution in [3.8, 4) is 11.5 Å². The summed E-state index contributed by atoms with van der Waals surface area (Å²) in [5.41, 5.74) is 2.56. The first-order valence-corrected chi connectivity index (χ1v) is 9.64. The zero-order valence-corrected chi connectivity index (χ0v) is 16.8. The van der Waals surface area contributed by atoms with Gasteiger partial charge in [0.25, 0.3) is 0 Å². The topological polar surface area (TPSA) is 81.8 Å². The minimum atomic E-state index is -0.958. The van der Waals surface area contributed by atoms with E-state index >= 15 is 0 Å². The van der Waals surface area contributed by atoms with E-state index in [-0.39, 0.29) is 6.42 Å². The molecule has 0 fully saturated rings. The summed E-state index contributed by atoms with van der Waals surface area (Å²) in [5.74, 6) is 1.02. The molecule has 0 aliphatic rings. The average Bonchev–Trinajstić information content (AvgIpc) is 3.11. The van der Waals surface area contributed by atoms with E-state index in [0.29, 0.717) is 53.2 Å². The quantitative estimate of drug-likeness (QED) is 0.531. The third kappa shape index (κ3) is 5.38. The van der Waals surface area contributed by atoms with Crippen LogP contribution < -0.4 is 9.47 Å². The molecule has 3 rings (SSSR count). The fourth-order valence-corrected chi connectivity index (χ4v) is 2.82.